The third kappa shape index (κ3) is 1.75. The van der Waals surface area contributed by atoms with Crippen molar-refractivity contribution in [3.8, 4) is 5.75 Å². The zero-order chi connectivity index (χ0) is 11.0. The Morgan fingerprint density at radius 1 is 1.07 bits per heavy atom. The summed E-state index contributed by atoms with van der Waals surface area (Å²) in [5, 5.41) is 11.8. The van der Waals surface area contributed by atoms with Crippen molar-refractivity contribution in [2.45, 2.75) is 6.92 Å². The highest BCUT2D eigenvalue weighted by Gasteiger charge is 2.02. The first-order chi connectivity index (χ1) is 7.08. The predicted molar refractivity (Wildman–Crippen MR) is 64.7 cm³/mol. The maximum absolute atomic E-state index is 9.48. The number of aryl methyl sites for hydroxylation is 1. The standard InChI is InChI=1S/C13H15NO/c1-9-6-12(15)7-10-4-5-11(14(2)3)8-13(9)10/h4-8,15H,1-3H3. The molecular formula is C13H15NO. The first-order valence-electron chi connectivity index (χ1n) is 4.98. The van der Waals surface area contributed by atoms with Gasteiger partial charge in [0, 0.05) is 19.8 Å². The molecule has 0 spiro atoms. The van der Waals surface area contributed by atoms with E-state index in [4.69, 9.17) is 0 Å². The lowest BCUT2D eigenvalue weighted by molar-refractivity contribution is 0.476. The molecule has 0 amide bonds. The number of aromatic hydroxyl groups is 1. The molecule has 15 heavy (non-hydrogen) atoms. The number of benzene rings is 2. The Morgan fingerprint density at radius 2 is 1.80 bits per heavy atom. The lowest BCUT2D eigenvalue weighted by Gasteiger charge is -2.14. The Hall–Kier alpha value is -1.70. The van der Waals surface area contributed by atoms with Gasteiger partial charge in [-0.3, -0.25) is 0 Å². The fourth-order valence-corrected chi connectivity index (χ4v) is 1.79. The van der Waals surface area contributed by atoms with Crippen LogP contribution in [0.4, 0.5) is 5.69 Å². The van der Waals surface area contributed by atoms with E-state index >= 15 is 0 Å². The van der Waals surface area contributed by atoms with Crippen LogP contribution in [0.25, 0.3) is 10.8 Å². The summed E-state index contributed by atoms with van der Waals surface area (Å²) in [6.45, 7) is 2.02. The molecule has 0 radical (unpaired) electrons. The summed E-state index contributed by atoms with van der Waals surface area (Å²) in [4.78, 5) is 2.08. The van der Waals surface area contributed by atoms with Crippen molar-refractivity contribution in [3.63, 3.8) is 0 Å². The lowest BCUT2D eigenvalue weighted by atomic mass is 10.0. The van der Waals surface area contributed by atoms with E-state index in [2.05, 4.69) is 17.0 Å². The summed E-state index contributed by atoms with van der Waals surface area (Å²) in [5.41, 5.74) is 2.28. The van der Waals surface area contributed by atoms with Crippen LogP contribution < -0.4 is 4.90 Å². The number of anilines is 1. The largest absolute Gasteiger partial charge is 0.508 e. The van der Waals surface area contributed by atoms with Gasteiger partial charge in [-0.05, 0) is 47.5 Å². The molecule has 2 aromatic carbocycles. The molecule has 0 aliphatic carbocycles. The van der Waals surface area contributed by atoms with Crippen LogP contribution in [0.5, 0.6) is 5.75 Å². The highest BCUT2D eigenvalue weighted by atomic mass is 16.3. The zero-order valence-electron chi connectivity index (χ0n) is 9.28. The molecule has 0 heterocycles. The third-order valence-electron chi connectivity index (χ3n) is 2.65. The fourth-order valence-electron chi connectivity index (χ4n) is 1.79. The van der Waals surface area contributed by atoms with Crippen LogP contribution in [-0.2, 0) is 0 Å². The summed E-state index contributed by atoms with van der Waals surface area (Å²) in [5.74, 6) is 0.331. The number of fused-ring (bicyclic) bond motifs is 1. The summed E-state index contributed by atoms with van der Waals surface area (Å²) < 4.78 is 0. The normalized spacial score (nSPS) is 10.6. The van der Waals surface area contributed by atoms with E-state index in [1.165, 1.54) is 11.1 Å². The Morgan fingerprint density at radius 3 is 2.47 bits per heavy atom. The Balaban J connectivity index is 2.71. The summed E-state index contributed by atoms with van der Waals surface area (Å²) >= 11 is 0. The van der Waals surface area contributed by atoms with Gasteiger partial charge in [0.15, 0.2) is 0 Å². The Bertz CT molecular complexity index is 503. The van der Waals surface area contributed by atoms with Crippen LogP contribution in [0.15, 0.2) is 30.3 Å². The molecule has 2 nitrogen and oxygen atoms in total. The molecule has 0 atom stereocenters. The average molecular weight is 201 g/mol. The third-order valence-corrected chi connectivity index (χ3v) is 2.65. The van der Waals surface area contributed by atoms with Crippen molar-refractivity contribution >= 4 is 16.5 Å². The van der Waals surface area contributed by atoms with Crippen molar-refractivity contribution < 1.29 is 5.11 Å². The van der Waals surface area contributed by atoms with Gasteiger partial charge in [-0.15, -0.1) is 0 Å². The molecule has 1 N–H and O–H groups in total. The van der Waals surface area contributed by atoms with Crippen molar-refractivity contribution in [2.75, 3.05) is 19.0 Å². The molecular weight excluding hydrogens is 186 g/mol. The monoisotopic (exact) mass is 201 g/mol. The predicted octanol–water partition coefficient (Wildman–Crippen LogP) is 2.92. The van der Waals surface area contributed by atoms with Crippen LogP contribution in [0.3, 0.4) is 0 Å². The van der Waals surface area contributed by atoms with Crippen molar-refractivity contribution in [2.24, 2.45) is 0 Å². The van der Waals surface area contributed by atoms with Gasteiger partial charge >= 0.3 is 0 Å². The van der Waals surface area contributed by atoms with Crippen LogP contribution >= 0.6 is 0 Å². The highest BCUT2D eigenvalue weighted by Crippen LogP contribution is 2.27. The number of nitrogens with zero attached hydrogens (tertiary/aromatic N) is 1. The van der Waals surface area contributed by atoms with Gasteiger partial charge in [0.2, 0.25) is 0 Å². The minimum Gasteiger partial charge on any atom is -0.508 e. The van der Waals surface area contributed by atoms with Crippen LogP contribution in [0.1, 0.15) is 5.56 Å². The molecule has 0 aliphatic rings. The van der Waals surface area contributed by atoms with Gasteiger partial charge in [-0.25, -0.2) is 0 Å². The minimum absolute atomic E-state index is 0.331. The van der Waals surface area contributed by atoms with Gasteiger partial charge in [0.1, 0.15) is 5.75 Å². The van der Waals surface area contributed by atoms with Crippen LogP contribution in [0.2, 0.25) is 0 Å². The van der Waals surface area contributed by atoms with E-state index in [-0.39, 0.29) is 0 Å². The highest BCUT2D eigenvalue weighted by molar-refractivity contribution is 5.89. The smallest absolute Gasteiger partial charge is 0.116 e. The fraction of sp³-hybridized carbons (Fsp3) is 0.231. The van der Waals surface area contributed by atoms with Crippen LogP contribution in [0, 0.1) is 6.92 Å². The minimum atomic E-state index is 0.331. The molecule has 2 rings (SSSR count). The van der Waals surface area contributed by atoms with Gasteiger partial charge in [-0.2, -0.15) is 0 Å². The first kappa shape index (κ1) is 9.84. The number of phenolic OH excluding ortho intramolecular Hbond substituents is 1. The first-order valence-corrected chi connectivity index (χ1v) is 4.98. The average Bonchev–Trinajstić information content (AvgIpc) is 2.16. The Labute approximate surface area is 89.8 Å². The molecule has 0 unspecified atom stereocenters. The summed E-state index contributed by atoms with van der Waals surface area (Å²) in [7, 11) is 4.05. The van der Waals surface area contributed by atoms with E-state index in [0.29, 0.717) is 5.75 Å². The second-order valence-electron chi connectivity index (χ2n) is 4.06. The molecule has 2 aromatic rings. The second kappa shape index (κ2) is 3.46. The van der Waals surface area contributed by atoms with Gasteiger partial charge in [0.25, 0.3) is 0 Å². The van der Waals surface area contributed by atoms with Gasteiger partial charge in [-0.1, -0.05) is 6.07 Å². The molecule has 2 heteroatoms. The van der Waals surface area contributed by atoms with Crippen molar-refractivity contribution in [1.29, 1.82) is 0 Å². The van der Waals surface area contributed by atoms with E-state index in [1.807, 2.05) is 27.1 Å². The number of rotatable bonds is 1. The quantitative estimate of drug-likeness (QED) is 0.766. The molecule has 0 fully saturated rings. The maximum Gasteiger partial charge on any atom is 0.116 e. The topological polar surface area (TPSA) is 23.5 Å². The molecule has 0 aromatic heterocycles. The maximum atomic E-state index is 9.48. The van der Waals surface area contributed by atoms with Crippen LogP contribution in [-0.4, -0.2) is 19.2 Å². The number of hydrogen-bond donors (Lipinski definition) is 1. The SMILES string of the molecule is Cc1cc(O)cc2ccc(N(C)C)cc12. The summed E-state index contributed by atoms with van der Waals surface area (Å²) in [6.07, 6.45) is 0. The summed E-state index contributed by atoms with van der Waals surface area (Å²) in [6, 6.07) is 9.83. The molecule has 0 saturated carbocycles. The lowest BCUT2D eigenvalue weighted by Crippen LogP contribution is -2.08. The number of phenols is 1. The molecule has 78 valence electrons. The van der Waals surface area contributed by atoms with E-state index in [9.17, 15) is 5.11 Å². The van der Waals surface area contributed by atoms with Gasteiger partial charge < -0.3 is 10.0 Å². The van der Waals surface area contributed by atoms with Crippen molar-refractivity contribution in [1.82, 2.24) is 0 Å². The van der Waals surface area contributed by atoms with Gasteiger partial charge in [0.05, 0.1) is 0 Å². The van der Waals surface area contributed by atoms with E-state index in [1.54, 1.807) is 12.1 Å². The van der Waals surface area contributed by atoms with Crippen molar-refractivity contribution in [3.05, 3.63) is 35.9 Å². The van der Waals surface area contributed by atoms with E-state index < -0.39 is 0 Å². The van der Waals surface area contributed by atoms with E-state index in [0.717, 1.165) is 10.9 Å². The Kier molecular flexibility index (Phi) is 2.27. The second-order valence-corrected chi connectivity index (χ2v) is 4.06. The molecule has 0 aliphatic heterocycles. The number of hydrogen-bond acceptors (Lipinski definition) is 2. The zero-order valence-corrected chi connectivity index (χ0v) is 9.28. The molecule has 0 bridgehead atoms. The molecule has 0 saturated heterocycles.